The highest BCUT2D eigenvalue weighted by Gasteiger charge is 2.50. The molecular weight excluding hydrogens is 438 g/mol. The number of amides is 2. The maximum Gasteiger partial charge on any atom is 0.247 e. The summed E-state index contributed by atoms with van der Waals surface area (Å²) in [7, 11) is -3.67. The number of carbonyl (C=O) groups excluding carboxylic acids is 2. The van der Waals surface area contributed by atoms with Crippen molar-refractivity contribution in [2.75, 3.05) is 24.2 Å². The van der Waals surface area contributed by atoms with Crippen molar-refractivity contribution in [1.82, 2.24) is 9.62 Å². The molecule has 0 bridgehead atoms. The Morgan fingerprint density at radius 2 is 1.81 bits per heavy atom. The fourth-order valence-corrected chi connectivity index (χ4v) is 4.73. The summed E-state index contributed by atoms with van der Waals surface area (Å²) in [6.07, 6.45) is 1.71. The van der Waals surface area contributed by atoms with Crippen molar-refractivity contribution >= 4 is 39.1 Å². The number of halogens is 1. The molecule has 9 heteroatoms. The number of rotatable bonds is 6. The third-order valence-corrected chi connectivity index (χ3v) is 6.92. The smallest absolute Gasteiger partial charge is 0.247 e. The monoisotopic (exact) mass is 463 g/mol. The molecule has 1 atom stereocenters. The minimum Gasteiger partial charge on any atom is -0.350 e. The van der Waals surface area contributed by atoms with Crippen LogP contribution in [0.5, 0.6) is 0 Å². The van der Waals surface area contributed by atoms with Gasteiger partial charge in [0.2, 0.25) is 21.8 Å². The summed E-state index contributed by atoms with van der Waals surface area (Å²) in [6, 6.07) is 14.4. The molecule has 1 fully saturated rings. The molecule has 1 aliphatic heterocycles. The number of anilines is 1. The van der Waals surface area contributed by atoms with E-state index < -0.39 is 27.4 Å². The van der Waals surface area contributed by atoms with Gasteiger partial charge in [0, 0.05) is 23.8 Å². The van der Waals surface area contributed by atoms with E-state index in [2.05, 4.69) is 5.32 Å². The zero-order valence-electron chi connectivity index (χ0n) is 17.8. The molecular formula is C22H26ClN3O4S. The average molecular weight is 464 g/mol. The van der Waals surface area contributed by atoms with E-state index >= 15 is 0 Å². The third-order valence-electron chi connectivity index (χ3n) is 5.48. The molecule has 2 aromatic carbocycles. The van der Waals surface area contributed by atoms with Crippen LogP contribution in [0.15, 0.2) is 48.5 Å². The normalized spacial score (nSPS) is 20.0. The maximum atomic E-state index is 13.4. The summed E-state index contributed by atoms with van der Waals surface area (Å²) >= 11 is 5.91. The van der Waals surface area contributed by atoms with Gasteiger partial charge in [0.15, 0.2) is 0 Å². The molecule has 0 aliphatic carbocycles. The van der Waals surface area contributed by atoms with Gasteiger partial charge < -0.3 is 5.32 Å². The first-order valence-electron chi connectivity index (χ1n) is 9.95. The van der Waals surface area contributed by atoms with Crippen molar-refractivity contribution in [2.45, 2.75) is 32.4 Å². The number of sulfonamides is 1. The molecule has 166 valence electrons. The predicted molar refractivity (Wildman–Crippen MR) is 121 cm³/mol. The Labute approximate surface area is 188 Å². The Kier molecular flexibility index (Phi) is 6.73. The lowest BCUT2D eigenvalue weighted by atomic mass is 9.93. The minimum atomic E-state index is -3.67. The zero-order valence-corrected chi connectivity index (χ0v) is 19.3. The summed E-state index contributed by atoms with van der Waals surface area (Å²) in [5.74, 6) is -0.878. The van der Waals surface area contributed by atoms with E-state index in [0.29, 0.717) is 17.1 Å². The van der Waals surface area contributed by atoms with E-state index in [0.717, 1.165) is 21.7 Å². The van der Waals surface area contributed by atoms with Crippen LogP contribution in [0.3, 0.4) is 0 Å². The third kappa shape index (κ3) is 4.92. The van der Waals surface area contributed by atoms with Crippen LogP contribution in [-0.2, 0) is 32.6 Å². The molecule has 1 N–H and O–H groups in total. The Morgan fingerprint density at radius 1 is 1.16 bits per heavy atom. The Hall–Kier alpha value is -2.42. The van der Waals surface area contributed by atoms with Gasteiger partial charge in [-0.1, -0.05) is 48.9 Å². The van der Waals surface area contributed by atoms with Gasteiger partial charge in [0.05, 0.1) is 12.8 Å². The second-order valence-electron chi connectivity index (χ2n) is 7.83. The van der Waals surface area contributed by atoms with E-state index in [9.17, 15) is 18.0 Å². The van der Waals surface area contributed by atoms with Crippen LogP contribution < -0.4 is 10.2 Å². The summed E-state index contributed by atoms with van der Waals surface area (Å²) in [6.45, 7) is 3.35. The van der Waals surface area contributed by atoms with Crippen LogP contribution in [0.4, 0.5) is 5.69 Å². The molecule has 1 heterocycles. The first kappa shape index (κ1) is 23.2. The van der Waals surface area contributed by atoms with Crippen molar-refractivity contribution < 1.29 is 18.0 Å². The van der Waals surface area contributed by atoms with Gasteiger partial charge in [0.25, 0.3) is 0 Å². The van der Waals surface area contributed by atoms with Gasteiger partial charge in [-0.05, 0) is 42.7 Å². The van der Waals surface area contributed by atoms with E-state index in [1.54, 1.807) is 43.3 Å². The number of para-hydroxylation sites is 1. The van der Waals surface area contributed by atoms with Crippen molar-refractivity contribution in [3.63, 3.8) is 0 Å². The van der Waals surface area contributed by atoms with Gasteiger partial charge >= 0.3 is 0 Å². The number of hydrogen-bond donors (Lipinski definition) is 1. The highest BCUT2D eigenvalue weighted by atomic mass is 35.5. The summed E-state index contributed by atoms with van der Waals surface area (Å²) in [5.41, 5.74) is 0.937. The molecule has 2 aromatic rings. The molecule has 31 heavy (non-hydrogen) atoms. The topological polar surface area (TPSA) is 86.8 Å². The van der Waals surface area contributed by atoms with Crippen molar-refractivity contribution in [1.29, 1.82) is 0 Å². The number of aryl methyl sites for hydroxylation is 1. The number of carbonyl (C=O) groups is 2. The van der Waals surface area contributed by atoms with E-state index in [-0.39, 0.29) is 19.6 Å². The fourth-order valence-electron chi connectivity index (χ4n) is 3.78. The van der Waals surface area contributed by atoms with Crippen molar-refractivity contribution in [3.05, 3.63) is 64.7 Å². The molecule has 3 rings (SSSR count). The molecule has 2 amide bonds. The lowest BCUT2D eigenvalue weighted by Gasteiger charge is -2.47. The van der Waals surface area contributed by atoms with E-state index in [1.807, 2.05) is 19.1 Å². The number of nitrogens with one attached hydrogen (secondary N) is 1. The number of benzene rings is 2. The molecule has 0 aromatic heterocycles. The highest BCUT2D eigenvalue weighted by molar-refractivity contribution is 7.88. The summed E-state index contributed by atoms with van der Waals surface area (Å²) in [5, 5.41) is 3.45. The quantitative estimate of drug-likeness (QED) is 0.713. The summed E-state index contributed by atoms with van der Waals surface area (Å²) < 4.78 is 25.5. The van der Waals surface area contributed by atoms with Gasteiger partial charge in [-0.3, -0.25) is 14.5 Å². The van der Waals surface area contributed by atoms with Crippen LogP contribution in [0.1, 0.15) is 25.0 Å². The van der Waals surface area contributed by atoms with Crippen molar-refractivity contribution in [2.24, 2.45) is 0 Å². The fraction of sp³-hybridized carbons (Fsp3) is 0.364. The van der Waals surface area contributed by atoms with Gasteiger partial charge in [-0.15, -0.1) is 0 Å². The predicted octanol–water partition coefficient (Wildman–Crippen LogP) is 2.59. The zero-order chi connectivity index (χ0) is 22.8. The number of piperazine rings is 1. The number of nitrogens with zero attached hydrogens (tertiary/aromatic N) is 2. The largest absolute Gasteiger partial charge is 0.350 e. The number of hydrogen-bond acceptors (Lipinski definition) is 4. The van der Waals surface area contributed by atoms with Crippen molar-refractivity contribution in [3.8, 4) is 0 Å². The molecule has 1 saturated heterocycles. The highest BCUT2D eigenvalue weighted by Crippen LogP contribution is 2.33. The molecule has 7 nitrogen and oxygen atoms in total. The molecule has 0 radical (unpaired) electrons. The maximum absolute atomic E-state index is 13.4. The van der Waals surface area contributed by atoms with Gasteiger partial charge in [-0.2, -0.15) is 4.31 Å². The first-order valence-corrected chi connectivity index (χ1v) is 12.2. The Bertz CT molecular complexity index is 1090. The molecule has 0 spiro atoms. The van der Waals surface area contributed by atoms with Gasteiger partial charge in [-0.25, -0.2) is 8.42 Å². The minimum absolute atomic E-state index is 0.137. The Balaban J connectivity index is 1.98. The van der Waals surface area contributed by atoms with E-state index in [4.69, 9.17) is 11.6 Å². The van der Waals surface area contributed by atoms with Gasteiger partial charge in [0.1, 0.15) is 5.54 Å². The molecule has 1 aliphatic rings. The lowest BCUT2D eigenvalue weighted by Crippen LogP contribution is -2.70. The first-order chi connectivity index (χ1) is 14.6. The second kappa shape index (κ2) is 8.98. The summed E-state index contributed by atoms with van der Waals surface area (Å²) in [4.78, 5) is 28.0. The lowest BCUT2D eigenvalue weighted by molar-refractivity contribution is -0.133. The standard InChI is InChI=1S/C22H26ClN3O4S/c1-4-17-7-5-6-8-19(17)26-20(27)14-25(31(3,29)30)15-22(26,2)21(28)24-13-16-9-11-18(23)12-10-16/h5-12H,4,13-15H2,1-3H3,(H,24,28). The molecule has 0 saturated carbocycles. The van der Waals surface area contributed by atoms with E-state index in [1.165, 1.54) is 4.90 Å². The van der Waals surface area contributed by atoms with Crippen LogP contribution in [0.2, 0.25) is 5.02 Å². The molecule has 1 unspecified atom stereocenters. The van der Waals surface area contributed by atoms with Crippen LogP contribution in [-0.4, -0.2) is 49.4 Å². The van der Waals surface area contributed by atoms with Crippen LogP contribution in [0.25, 0.3) is 0 Å². The van der Waals surface area contributed by atoms with Crippen LogP contribution in [0, 0.1) is 0 Å². The SMILES string of the molecule is CCc1ccccc1N1C(=O)CN(S(C)(=O)=O)CC1(C)C(=O)NCc1ccc(Cl)cc1. The Morgan fingerprint density at radius 3 is 2.42 bits per heavy atom. The van der Waals surface area contributed by atoms with Crippen LogP contribution >= 0.6 is 11.6 Å². The second-order valence-corrected chi connectivity index (χ2v) is 10.2. The average Bonchev–Trinajstić information content (AvgIpc) is 2.72.